The zero-order valence-corrected chi connectivity index (χ0v) is 10.4. The second-order valence-electron chi connectivity index (χ2n) is 4.88. The van der Waals surface area contributed by atoms with Crippen molar-refractivity contribution < 1.29 is 0 Å². The van der Waals surface area contributed by atoms with Gasteiger partial charge in [-0.1, -0.05) is 31.0 Å². The van der Waals surface area contributed by atoms with Crippen LogP contribution in [0.5, 0.6) is 0 Å². The minimum absolute atomic E-state index is 0.873. The van der Waals surface area contributed by atoms with Crippen molar-refractivity contribution in [2.24, 2.45) is 10.9 Å². The van der Waals surface area contributed by atoms with E-state index in [4.69, 9.17) is 4.99 Å². The predicted molar refractivity (Wildman–Crippen MR) is 70.5 cm³/mol. The van der Waals surface area contributed by atoms with Crippen LogP contribution in [-0.2, 0) is 0 Å². The molecule has 0 radical (unpaired) electrons. The molecule has 0 bridgehead atoms. The third-order valence-corrected chi connectivity index (χ3v) is 3.50. The number of hydrogen-bond donors (Lipinski definition) is 0. The van der Waals surface area contributed by atoms with Gasteiger partial charge in [-0.05, 0) is 50.7 Å². The average Bonchev–Trinajstić information content (AvgIpc) is 2.32. The van der Waals surface area contributed by atoms with E-state index in [1.807, 2.05) is 0 Å². The standard InChI is InChI=1S/C15H21N/c1-3-13-5-4-6-15(11-13)16-14-9-7-12(2)8-10-14/h7-10,13H,3-6,11H2,1-2H3/b16-15+. The van der Waals surface area contributed by atoms with Crippen molar-refractivity contribution in [2.45, 2.75) is 46.0 Å². The van der Waals surface area contributed by atoms with Crippen molar-refractivity contribution in [3.05, 3.63) is 29.8 Å². The van der Waals surface area contributed by atoms with E-state index >= 15 is 0 Å². The van der Waals surface area contributed by atoms with Gasteiger partial charge in [-0.25, -0.2) is 0 Å². The molecule has 1 fully saturated rings. The van der Waals surface area contributed by atoms with E-state index in [0.29, 0.717) is 0 Å². The molecular weight excluding hydrogens is 194 g/mol. The van der Waals surface area contributed by atoms with Gasteiger partial charge in [0, 0.05) is 5.71 Å². The lowest BCUT2D eigenvalue weighted by molar-refractivity contribution is 0.447. The Balaban J connectivity index is 2.08. The van der Waals surface area contributed by atoms with Gasteiger partial charge in [0.2, 0.25) is 0 Å². The summed E-state index contributed by atoms with van der Waals surface area (Å²) < 4.78 is 0. The molecule has 1 saturated carbocycles. The van der Waals surface area contributed by atoms with E-state index in [1.165, 1.54) is 43.4 Å². The molecule has 1 aromatic rings. The van der Waals surface area contributed by atoms with Crippen molar-refractivity contribution >= 4 is 11.4 Å². The lowest BCUT2D eigenvalue weighted by atomic mass is 9.86. The predicted octanol–water partition coefficient (Wildman–Crippen LogP) is 4.67. The molecule has 1 nitrogen and oxygen atoms in total. The van der Waals surface area contributed by atoms with Crippen LogP contribution >= 0.6 is 0 Å². The van der Waals surface area contributed by atoms with Crippen molar-refractivity contribution in [3.8, 4) is 0 Å². The summed E-state index contributed by atoms with van der Waals surface area (Å²) in [6.45, 7) is 4.41. The van der Waals surface area contributed by atoms with E-state index < -0.39 is 0 Å². The molecule has 0 spiro atoms. The van der Waals surface area contributed by atoms with Crippen LogP contribution in [0.2, 0.25) is 0 Å². The first kappa shape index (κ1) is 11.4. The Labute approximate surface area is 98.6 Å². The van der Waals surface area contributed by atoms with E-state index in [9.17, 15) is 0 Å². The summed E-state index contributed by atoms with van der Waals surface area (Å²) in [7, 11) is 0. The number of aryl methyl sites for hydroxylation is 1. The Bertz CT molecular complexity index is 362. The lowest BCUT2D eigenvalue weighted by Crippen LogP contribution is -2.14. The third-order valence-electron chi connectivity index (χ3n) is 3.50. The minimum atomic E-state index is 0.873. The number of nitrogens with zero attached hydrogens (tertiary/aromatic N) is 1. The minimum Gasteiger partial charge on any atom is -0.258 e. The van der Waals surface area contributed by atoms with Crippen LogP contribution in [0.15, 0.2) is 29.3 Å². The second kappa shape index (κ2) is 5.29. The van der Waals surface area contributed by atoms with Crippen LogP contribution in [0.25, 0.3) is 0 Å². The van der Waals surface area contributed by atoms with Gasteiger partial charge in [0.15, 0.2) is 0 Å². The topological polar surface area (TPSA) is 12.4 Å². The Morgan fingerprint density at radius 3 is 2.69 bits per heavy atom. The lowest BCUT2D eigenvalue weighted by Gasteiger charge is -2.21. The summed E-state index contributed by atoms with van der Waals surface area (Å²) in [5.74, 6) is 0.873. The molecule has 0 amide bonds. The summed E-state index contributed by atoms with van der Waals surface area (Å²) in [6, 6.07) is 8.52. The molecule has 0 N–H and O–H groups in total. The molecule has 1 aliphatic rings. The maximum absolute atomic E-state index is 4.77. The Morgan fingerprint density at radius 1 is 1.25 bits per heavy atom. The highest BCUT2D eigenvalue weighted by molar-refractivity contribution is 5.87. The quantitative estimate of drug-likeness (QED) is 0.680. The van der Waals surface area contributed by atoms with Crippen LogP contribution in [0.1, 0.15) is 44.6 Å². The SMILES string of the molecule is CCC1CCC/C(=N\c2ccc(C)cc2)C1. The fourth-order valence-corrected chi connectivity index (χ4v) is 2.38. The fraction of sp³-hybridized carbons (Fsp3) is 0.533. The smallest absolute Gasteiger partial charge is 0.0629 e. The van der Waals surface area contributed by atoms with Gasteiger partial charge in [-0.2, -0.15) is 0 Å². The molecular formula is C15H21N. The van der Waals surface area contributed by atoms with E-state index in [2.05, 4.69) is 38.1 Å². The molecule has 2 rings (SSSR count). The van der Waals surface area contributed by atoms with Crippen molar-refractivity contribution in [1.82, 2.24) is 0 Å². The first-order valence-corrected chi connectivity index (χ1v) is 6.41. The van der Waals surface area contributed by atoms with E-state index in [-0.39, 0.29) is 0 Å². The molecule has 1 aliphatic carbocycles. The zero-order valence-electron chi connectivity index (χ0n) is 10.4. The number of aliphatic imine (C=N–C) groups is 1. The summed E-state index contributed by atoms with van der Waals surface area (Å²) in [5, 5.41) is 0. The third kappa shape index (κ3) is 2.94. The number of rotatable bonds is 2. The van der Waals surface area contributed by atoms with Gasteiger partial charge >= 0.3 is 0 Å². The van der Waals surface area contributed by atoms with Crippen LogP contribution in [-0.4, -0.2) is 5.71 Å². The molecule has 0 saturated heterocycles. The molecule has 1 heteroatoms. The largest absolute Gasteiger partial charge is 0.258 e. The molecule has 16 heavy (non-hydrogen) atoms. The van der Waals surface area contributed by atoms with Crippen LogP contribution in [0.4, 0.5) is 5.69 Å². The van der Waals surface area contributed by atoms with E-state index in [1.54, 1.807) is 0 Å². The van der Waals surface area contributed by atoms with Crippen LogP contribution < -0.4 is 0 Å². The molecule has 1 atom stereocenters. The molecule has 1 unspecified atom stereocenters. The van der Waals surface area contributed by atoms with Gasteiger partial charge in [0.25, 0.3) is 0 Å². The Morgan fingerprint density at radius 2 is 2.00 bits per heavy atom. The zero-order chi connectivity index (χ0) is 11.4. The normalized spacial score (nSPS) is 23.6. The molecule has 0 heterocycles. The molecule has 86 valence electrons. The molecule has 0 aromatic heterocycles. The number of hydrogen-bond acceptors (Lipinski definition) is 1. The molecule has 0 aliphatic heterocycles. The summed E-state index contributed by atoms with van der Waals surface area (Å²) in [5.41, 5.74) is 3.83. The maximum atomic E-state index is 4.77. The average molecular weight is 215 g/mol. The van der Waals surface area contributed by atoms with Gasteiger partial charge in [-0.15, -0.1) is 0 Å². The Kier molecular flexibility index (Phi) is 3.76. The fourth-order valence-electron chi connectivity index (χ4n) is 2.38. The summed E-state index contributed by atoms with van der Waals surface area (Å²) in [4.78, 5) is 4.77. The van der Waals surface area contributed by atoms with Crippen molar-refractivity contribution in [2.75, 3.05) is 0 Å². The van der Waals surface area contributed by atoms with Crippen molar-refractivity contribution in [1.29, 1.82) is 0 Å². The molecule has 1 aromatic carbocycles. The monoisotopic (exact) mass is 215 g/mol. The van der Waals surface area contributed by atoms with Gasteiger partial charge in [0.1, 0.15) is 0 Å². The van der Waals surface area contributed by atoms with Crippen molar-refractivity contribution in [3.63, 3.8) is 0 Å². The van der Waals surface area contributed by atoms with Gasteiger partial charge in [-0.3, -0.25) is 4.99 Å². The number of benzene rings is 1. The van der Waals surface area contributed by atoms with Gasteiger partial charge < -0.3 is 0 Å². The first-order valence-electron chi connectivity index (χ1n) is 6.41. The highest BCUT2D eigenvalue weighted by Crippen LogP contribution is 2.26. The highest BCUT2D eigenvalue weighted by Gasteiger charge is 2.16. The van der Waals surface area contributed by atoms with Crippen LogP contribution in [0, 0.1) is 12.8 Å². The van der Waals surface area contributed by atoms with E-state index in [0.717, 1.165) is 11.6 Å². The maximum Gasteiger partial charge on any atom is 0.0629 e. The summed E-state index contributed by atoms with van der Waals surface area (Å²) >= 11 is 0. The Hall–Kier alpha value is -1.11. The van der Waals surface area contributed by atoms with Crippen LogP contribution in [0.3, 0.4) is 0 Å². The van der Waals surface area contributed by atoms with Gasteiger partial charge in [0.05, 0.1) is 5.69 Å². The first-order chi connectivity index (χ1) is 7.78. The second-order valence-corrected chi connectivity index (χ2v) is 4.88. The highest BCUT2D eigenvalue weighted by atomic mass is 14.7. The summed E-state index contributed by atoms with van der Waals surface area (Å²) in [6.07, 6.45) is 6.42.